The Bertz CT molecular complexity index is 3510. The Labute approximate surface area is 323 Å². The summed E-state index contributed by atoms with van der Waals surface area (Å²) in [6, 6.07) is 46.5. The fraction of sp³-hybridized carbons (Fsp3) is 0. The number of thiophene rings is 1. The molecule has 0 spiro atoms. The Balaban J connectivity index is 1.24. The highest BCUT2D eigenvalue weighted by Gasteiger charge is 2.20. The van der Waals surface area contributed by atoms with Crippen LogP contribution in [0.5, 0.6) is 0 Å². The molecule has 0 aliphatic heterocycles. The van der Waals surface area contributed by atoms with E-state index >= 15 is 0 Å². The molecule has 54 heavy (non-hydrogen) atoms. The number of hydrogen-bond donors (Lipinski definition) is 0. The summed E-state index contributed by atoms with van der Waals surface area (Å²) in [4.78, 5) is 15.2. The first-order valence-electron chi connectivity index (χ1n) is 20.6. The average molecular weight is 713 g/mol. The molecule has 0 radical (unpaired) electrons. The van der Waals surface area contributed by atoms with Crippen LogP contribution in [0.4, 0.5) is 0 Å². The number of nitrogens with zero attached hydrogens (tertiary/aromatic N) is 4. The number of hydrogen-bond acceptors (Lipinski definition) is 4. The van der Waals surface area contributed by atoms with Crippen LogP contribution in [0.15, 0.2) is 182 Å². The fourth-order valence-corrected chi connectivity index (χ4v) is 8.71. The van der Waals surface area contributed by atoms with Crippen molar-refractivity contribution in [3.8, 4) is 51.0 Å². The quantitative estimate of drug-likeness (QED) is 0.178. The first-order chi connectivity index (χ1) is 29.2. The lowest BCUT2D eigenvalue weighted by Crippen LogP contribution is -2.02. The van der Waals surface area contributed by atoms with Gasteiger partial charge in [-0.1, -0.05) is 139 Å². The van der Waals surface area contributed by atoms with Crippen LogP contribution < -0.4 is 0 Å². The molecule has 0 unspecified atom stereocenters. The summed E-state index contributed by atoms with van der Waals surface area (Å²) in [5, 5.41) is 4.80. The zero-order valence-corrected chi connectivity index (χ0v) is 29.4. The zero-order valence-electron chi connectivity index (χ0n) is 34.6. The van der Waals surface area contributed by atoms with E-state index in [9.17, 15) is 2.74 Å². The molecule has 0 aliphatic carbocycles. The second-order valence-corrected chi connectivity index (χ2v) is 14.2. The summed E-state index contributed by atoms with van der Waals surface area (Å²) in [7, 11) is 0. The smallest absolute Gasteiger partial charge is 0.164 e. The highest BCUT2D eigenvalue weighted by Crippen LogP contribution is 2.44. The SMILES string of the molecule is [2H]c1cc([2H])c2c(c1[2H])c1c([2H])c([2H])cc([2H])c1n2-c1ccc(-c2nc(-c3ccccc3)nc(-c3ccc4ccccc4c3)n2)cc1-c1cccc2c1sc1ccccc12. The maximum atomic E-state index is 9.22. The van der Waals surface area contributed by atoms with Crippen LogP contribution >= 0.6 is 11.3 Å². The van der Waals surface area contributed by atoms with E-state index in [1.165, 1.54) is 12.1 Å². The number of aromatic nitrogens is 4. The second-order valence-electron chi connectivity index (χ2n) is 13.1. The number of fused-ring (bicyclic) bond motifs is 7. The predicted molar refractivity (Wildman–Crippen MR) is 226 cm³/mol. The van der Waals surface area contributed by atoms with Gasteiger partial charge in [0.2, 0.25) is 0 Å². The molecule has 0 aliphatic rings. The van der Waals surface area contributed by atoms with Crippen molar-refractivity contribution >= 4 is 64.1 Å². The lowest BCUT2D eigenvalue weighted by Gasteiger charge is -2.17. The highest BCUT2D eigenvalue weighted by molar-refractivity contribution is 7.26. The van der Waals surface area contributed by atoms with E-state index < -0.39 is 0 Å². The van der Waals surface area contributed by atoms with Crippen LogP contribution in [0.25, 0.3) is 104 Å². The van der Waals surface area contributed by atoms with Crippen molar-refractivity contribution in [1.29, 1.82) is 0 Å². The molecule has 0 saturated carbocycles. The first-order valence-corrected chi connectivity index (χ1v) is 18.4. The van der Waals surface area contributed by atoms with Crippen molar-refractivity contribution in [1.82, 2.24) is 19.5 Å². The average Bonchev–Trinajstić information content (AvgIpc) is 3.85. The van der Waals surface area contributed by atoms with E-state index in [0.29, 0.717) is 39.8 Å². The maximum absolute atomic E-state index is 9.22. The van der Waals surface area contributed by atoms with Crippen LogP contribution in [0.2, 0.25) is 0 Å². The lowest BCUT2D eigenvalue weighted by atomic mass is 9.98. The Morgan fingerprint density at radius 2 is 1.07 bits per heavy atom. The molecule has 3 heterocycles. The summed E-state index contributed by atoms with van der Waals surface area (Å²) in [6.07, 6.45) is 0. The van der Waals surface area contributed by atoms with Crippen LogP contribution in [0.3, 0.4) is 0 Å². The van der Waals surface area contributed by atoms with E-state index in [1.807, 2.05) is 84.9 Å². The highest BCUT2D eigenvalue weighted by atomic mass is 32.1. The van der Waals surface area contributed by atoms with Gasteiger partial charge in [-0.3, -0.25) is 0 Å². The molecule has 0 N–H and O–H groups in total. The normalized spacial score (nSPS) is 13.3. The third kappa shape index (κ3) is 4.94. The zero-order chi connectivity index (χ0) is 40.8. The van der Waals surface area contributed by atoms with E-state index in [2.05, 4.69) is 48.5 Å². The van der Waals surface area contributed by atoms with Gasteiger partial charge in [0, 0.05) is 58.8 Å². The van der Waals surface area contributed by atoms with E-state index in [0.717, 1.165) is 53.2 Å². The van der Waals surface area contributed by atoms with E-state index in [4.69, 9.17) is 20.4 Å². The van der Waals surface area contributed by atoms with Gasteiger partial charge in [-0.2, -0.15) is 0 Å². The molecule has 4 nitrogen and oxygen atoms in total. The molecule has 8 aromatic carbocycles. The summed E-state index contributed by atoms with van der Waals surface area (Å²) in [6.45, 7) is 0. The van der Waals surface area contributed by atoms with Crippen molar-refractivity contribution in [2.45, 2.75) is 0 Å². The van der Waals surface area contributed by atoms with Crippen molar-refractivity contribution in [3.63, 3.8) is 0 Å². The van der Waals surface area contributed by atoms with Crippen LogP contribution in [-0.2, 0) is 0 Å². The molecular formula is C49H30N4S. The minimum Gasteiger partial charge on any atom is -0.309 e. The Kier molecular flexibility index (Phi) is 5.73. The van der Waals surface area contributed by atoms with E-state index in [1.54, 1.807) is 15.9 Å². The lowest BCUT2D eigenvalue weighted by molar-refractivity contribution is 1.07. The van der Waals surface area contributed by atoms with Gasteiger partial charge in [0.1, 0.15) is 0 Å². The molecule has 11 rings (SSSR count). The maximum Gasteiger partial charge on any atom is 0.164 e. The molecular weight excluding hydrogens is 677 g/mol. The Morgan fingerprint density at radius 1 is 0.444 bits per heavy atom. The Hall–Kier alpha value is -6.95. The molecule has 3 aromatic heterocycles. The fourth-order valence-electron chi connectivity index (χ4n) is 7.48. The van der Waals surface area contributed by atoms with Gasteiger partial charge in [0.25, 0.3) is 0 Å². The topological polar surface area (TPSA) is 43.6 Å². The van der Waals surface area contributed by atoms with Gasteiger partial charge in [-0.25, -0.2) is 15.0 Å². The van der Waals surface area contributed by atoms with Gasteiger partial charge in [-0.15, -0.1) is 11.3 Å². The standard InChI is InChI=1S/C49H30N4S/c1-2-14-32(15-3-1)47-50-48(34-26-25-31-13-4-5-16-33(31)29-34)52-49(51-47)35-27-28-44(53-42-22-9-6-17-36(42)37-18-7-10-23-43(37)53)41(30-35)40-21-12-20-39-38-19-8-11-24-45(38)54-46(39)40/h1-30H/i6D,7D,17D,18D,22D,23D. The number of benzene rings is 8. The van der Waals surface area contributed by atoms with Crippen molar-refractivity contribution in [2.75, 3.05) is 0 Å². The summed E-state index contributed by atoms with van der Waals surface area (Å²) in [5.41, 5.74) is 5.23. The van der Waals surface area contributed by atoms with Gasteiger partial charge >= 0.3 is 0 Å². The van der Waals surface area contributed by atoms with Crippen LogP contribution in [-0.4, -0.2) is 19.5 Å². The first kappa shape index (κ1) is 25.1. The predicted octanol–water partition coefficient (Wildman–Crippen LogP) is 13.2. The van der Waals surface area contributed by atoms with Gasteiger partial charge in [0.15, 0.2) is 17.5 Å². The Morgan fingerprint density at radius 3 is 1.85 bits per heavy atom. The van der Waals surface area contributed by atoms with Gasteiger partial charge in [-0.05, 0) is 53.2 Å². The van der Waals surface area contributed by atoms with Crippen LogP contribution in [0.1, 0.15) is 8.22 Å². The summed E-state index contributed by atoms with van der Waals surface area (Å²) >= 11 is 1.68. The molecule has 0 bridgehead atoms. The minimum atomic E-state index is -0.162. The molecule has 0 saturated heterocycles. The molecule has 0 atom stereocenters. The molecule has 252 valence electrons. The van der Waals surface area contributed by atoms with Crippen molar-refractivity contribution in [3.05, 3.63) is 182 Å². The third-order valence-corrected chi connectivity index (χ3v) is 11.2. The van der Waals surface area contributed by atoms with Crippen molar-refractivity contribution in [2.24, 2.45) is 0 Å². The van der Waals surface area contributed by atoms with Gasteiger partial charge in [0.05, 0.1) is 24.9 Å². The largest absolute Gasteiger partial charge is 0.309 e. The molecule has 5 heteroatoms. The molecule has 11 aromatic rings. The summed E-state index contributed by atoms with van der Waals surface area (Å²) in [5.74, 6) is 1.49. The number of rotatable bonds is 5. The minimum absolute atomic E-state index is 0.0207. The van der Waals surface area contributed by atoms with Crippen molar-refractivity contribution < 1.29 is 8.22 Å². The van der Waals surface area contributed by atoms with Crippen LogP contribution in [0, 0.1) is 0 Å². The third-order valence-electron chi connectivity index (χ3n) is 9.99. The molecule has 0 fully saturated rings. The number of para-hydroxylation sites is 2. The monoisotopic (exact) mass is 712 g/mol. The van der Waals surface area contributed by atoms with E-state index in [-0.39, 0.29) is 47.0 Å². The second kappa shape index (κ2) is 12.3. The van der Waals surface area contributed by atoms with Gasteiger partial charge < -0.3 is 4.57 Å². The summed E-state index contributed by atoms with van der Waals surface area (Å²) < 4.78 is 57.6. The molecule has 0 amide bonds.